The van der Waals surface area contributed by atoms with E-state index in [0.29, 0.717) is 0 Å². The quantitative estimate of drug-likeness (QED) is 0.639. The van der Waals surface area contributed by atoms with E-state index in [1.165, 1.54) is 0 Å². The minimum Gasteiger partial charge on any atom is -0.378 e. The first-order chi connectivity index (χ1) is 12.6. The van der Waals surface area contributed by atoms with Crippen LogP contribution in [0.3, 0.4) is 0 Å². The maximum atomic E-state index is 12.6. The molecule has 0 aliphatic rings. The molecule has 0 aliphatic heterocycles. The number of primary amides is 1. The van der Waals surface area contributed by atoms with Gasteiger partial charge >= 0.3 is 6.18 Å². The summed E-state index contributed by atoms with van der Waals surface area (Å²) in [6, 6.07) is 9.45. The van der Waals surface area contributed by atoms with Crippen LogP contribution in [0.2, 0.25) is 0 Å². The molecule has 0 spiro atoms. The number of hydrogen-bond acceptors (Lipinski definition) is 3. The molecule has 0 saturated heterocycles. The lowest BCUT2D eigenvalue weighted by atomic mass is 10.0. The normalized spacial score (nSPS) is 13.7. The van der Waals surface area contributed by atoms with Gasteiger partial charge in [0.1, 0.15) is 6.04 Å². The third-order valence-electron chi connectivity index (χ3n) is 3.79. The van der Waals surface area contributed by atoms with Crippen LogP contribution in [0.15, 0.2) is 53.0 Å². The lowest BCUT2D eigenvalue weighted by Crippen LogP contribution is -2.47. The van der Waals surface area contributed by atoms with Crippen LogP contribution in [0.5, 0.6) is 0 Å². The Morgan fingerprint density at radius 1 is 1.15 bits per heavy atom. The van der Waals surface area contributed by atoms with E-state index in [0.717, 1.165) is 34.3 Å². The molecule has 2 amide bonds. The summed E-state index contributed by atoms with van der Waals surface area (Å²) in [5, 5.41) is 12.4. The summed E-state index contributed by atoms with van der Waals surface area (Å²) in [7, 11) is 0. The molecule has 144 valence electrons. The lowest BCUT2D eigenvalue weighted by Gasteiger charge is -2.19. The molecule has 27 heavy (non-hydrogen) atoms. The van der Waals surface area contributed by atoms with E-state index in [1.807, 2.05) is 0 Å². The maximum Gasteiger partial charge on any atom is 0.416 e. The molecule has 0 aliphatic carbocycles. The number of carbonyl (C=O) groups is 2. The van der Waals surface area contributed by atoms with Gasteiger partial charge in [-0.25, -0.2) is 0 Å². The second-order valence-corrected chi connectivity index (χ2v) is 6.74. The smallest absolute Gasteiger partial charge is 0.378 e. The van der Waals surface area contributed by atoms with Crippen LogP contribution in [-0.4, -0.2) is 23.0 Å². The zero-order valence-electron chi connectivity index (χ0n) is 13.8. The molecule has 0 bridgehead atoms. The van der Waals surface area contributed by atoms with Gasteiger partial charge in [0.05, 0.1) is 5.56 Å². The first kappa shape index (κ1) is 20.9. The maximum absolute atomic E-state index is 12.6. The largest absolute Gasteiger partial charge is 0.416 e. The van der Waals surface area contributed by atoms with Gasteiger partial charge in [-0.2, -0.15) is 13.2 Å². The van der Waals surface area contributed by atoms with Crippen LogP contribution in [-0.2, 0) is 22.2 Å². The summed E-state index contributed by atoms with van der Waals surface area (Å²) in [5.41, 5.74) is 5.09. The number of nitrogens with two attached hydrogens (primary N) is 1. The fourth-order valence-electron chi connectivity index (χ4n) is 2.38. The third kappa shape index (κ3) is 5.80. The average molecular weight is 445 g/mol. The van der Waals surface area contributed by atoms with Crippen LogP contribution in [0.4, 0.5) is 13.2 Å². The third-order valence-corrected chi connectivity index (χ3v) is 4.28. The minimum absolute atomic E-state index is 0.0359. The number of aliphatic hydroxyl groups is 1. The molecular formula is C18H16BrF3N2O3. The van der Waals surface area contributed by atoms with Crippen molar-refractivity contribution in [1.82, 2.24) is 5.32 Å². The van der Waals surface area contributed by atoms with Crippen molar-refractivity contribution in [3.8, 4) is 0 Å². The van der Waals surface area contributed by atoms with E-state index in [1.54, 1.807) is 24.3 Å². The number of alkyl halides is 3. The number of benzene rings is 2. The van der Waals surface area contributed by atoms with Crippen molar-refractivity contribution >= 4 is 27.7 Å². The van der Waals surface area contributed by atoms with E-state index in [4.69, 9.17) is 5.73 Å². The highest BCUT2D eigenvalue weighted by Gasteiger charge is 2.31. The highest BCUT2D eigenvalue weighted by atomic mass is 79.9. The van der Waals surface area contributed by atoms with Gasteiger partial charge in [-0.3, -0.25) is 9.59 Å². The standard InChI is InChI=1S/C18H16BrF3N2O3/c19-13-3-1-2-10(8-13)9-14(16(23)26)24-17(27)15(25)11-4-6-12(7-5-11)18(20,21)22/h1-8,14-15,25H,9H2,(H2,23,26)(H,24,27)/t14-,15-/m0/s1. The summed E-state index contributed by atoms with van der Waals surface area (Å²) in [5.74, 6) is -1.74. The second-order valence-electron chi connectivity index (χ2n) is 5.82. The molecule has 0 heterocycles. The SMILES string of the molecule is NC(=O)[C@H](Cc1cccc(Br)c1)NC(=O)[C@@H](O)c1ccc(C(F)(F)F)cc1. The van der Waals surface area contributed by atoms with Crippen LogP contribution < -0.4 is 11.1 Å². The number of nitrogens with one attached hydrogen (secondary N) is 1. The van der Waals surface area contributed by atoms with E-state index in [9.17, 15) is 27.9 Å². The molecule has 0 aromatic heterocycles. The molecule has 2 aromatic rings. The van der Waals surface area contributed by atoms with Gasteiger partial charge in [0.25, 0.3) is 5.91 Å². The predicted molar refractivity (Wildman–Crippen MR) is 95.4 cm³/mol. The van der Waals surface area contributed by atoms with Gasteiger partial charge in [-0.05, 0) is 35.4 Å². The summed E-state index contributed by atoms with van der Waals surface area (Å²) in [6.07, 6.45) is -6.16. The average Bonchev–Trinajstić information content (AvgIpc) is 2.59. The molecule has 2 rings (SSSR count). The highest BCUT2D eigenvalue weighted by Crippen LogP contribution is 2.30. The van der Waals surface area contributed by atoms with Crippen LogP contribution in [0.25, 0.3) is 0 Å². The minimum atomic E-state index is -4.52. The summed E-state index contributed by atoms with van der Waals surface area (Å²) in [6.45, 7) is 0. The predicted octanol–water partition coefficient (Wildman–Crippen LogP) is 2.71. The molecule has 0 radical (unpaired) electrons. The Balaban J connectivity index is 2.09. The summed E-state index contributed by atoms with van der Waals surface area (Å²) in [4.78, 5) is 23.8. The molecule has 4 N–H and O–H groups in total. The Labute approximate surface area is 161 Å². The van der Waals surface area contributed by atoms with E-state index >= 15 is 0 Å². The van der Waals surface area contributed by atoms with Crippen molar-refractivity contribution < 1.29 is 27.9 Å². The monoisotopic (exact) mass is 444 g/mol. The Hall–Kier alpha value is -2.39. The summed E-state index contributed by atoms with van der Waals surface area (Å²) >= 11 is 3.29. The van der Waals surface area contributed by atoms with E-state index in [2.05, 4.69) is 21.2 Å². The van der Waals surface area contributed by atoms with Crippen molar-refractivity contribution in [2.24, 2.45) is 5.73 Å². The Morgan fingerprint density at radius 2 is 1.78 bits per heavy atom. The Kier molecular flexibility index (Phi) is 6.61. The Morgan fingerprint density at radius 3 is 2.30 bits per heavy atom. The van der Waals surface area contributed by atoms with Crippen molar-refractivity contribution in [1.29, 1.82) is 0 Å². The molecular weight excluding hydrogens is 429 g/mol. The molecule has 2 aromatic carbocycles. The number of hydrogen-bond donors (Lipinski definition) is 3. The van der Waals surface area contributed by atoms with Gasteiger partial charge < -0.3 is 16.2 Å². The highest BCUT2D eigenvalue weighted by molar-refractivity contribution is 9.10. The van der Waals surface area contributed by atoms with Crippen molar-refractivity contribution in [2.45, 2.75) is 24.7 Å². The first-order valence-electron chi connectivity index (χ1n) is 7.77. The number of halogens is 4. The molecule has 0 saturated carbocycles. The number of rotatable bonds is 6. The number of amides is 2. The van der Waals surface area contributed by atoms with Crippen molar-refractivity contribution in [2.75, 3.05) is 0 Å². The topological polar surface area (TPSA) is 92.4 Å². The van der Waals surface area contributed by atoms with Crippen LogP contribution in [0, 0.1) is 0 Å². The van der Waals surface area contributed by atoms with Gasteiger partial charge in [-0.1, -0.05) is 40.2 Å². The zero-order chi connectivity index (χ0) is 20.2. The zero-order valence-corrected chi connectivity index (χ0v) is 15.4. The molecule has 5 nitrogen and oxygen atoms in total. The lowest BCUT2D eigenvalue weighted by molar-refractivity contribution is -0.137. The second kappa shape index (κ2) is 8.53. The number of carbonyl (C=O) groups excluding carboxylic acids is 2. The van der Waals surface area contributed by atoms with E-state index in [-0.39, 0.29) is 12.0 Å². The van der Waals surface area contributed by atoms with Crippen LogP contribution >= 0.6 is 15.9 Å². The van der Waals surface area contributed by atoms with Gasteiger partial charge in [0.15, 0.2) is 6.10 Å². The fraction of sp³-hybridized carbons (Fsp3) is 0.222. The molecule has 2 atom stereocenters. The molecule has 0 fully saturated rings. The van der Waals surface area contributed by atoms with Gasteiger partial charge in [0.2, 0.25) is 5.91 Å². The van der Waals surface area contributed by atoms with E-state index < -0.39 is 35.7 Å². The van der Waals surface area contributed by atoms with Gasteiger partial charge in [-0.15, -0.1) is 0 Å². The first-order valence-corrected chi connectivity index (χ1v) is 8.56. The number of aliphatic hydroxyl groups excluding tert-OH is 1. The Bertz CT molecular complexity index is 825. The van der Waals surface area contributed by atoms with Crippen molar-refractivity contribution in [3.05, 3.63) is 69.7 Å². The van der Waals surface area contributed by atoms with Crippen LogP contribution in [0.1, 0.15) is 22.8 Å². The summed E-state index contributed by atoms with van der Waals surface area (Å²) < 4.78 is 38.5. The van der Waals surface area contributed by atoms with Gasteiger partial charge in [0, 0.05) is 10.9 Å². The van der Waals surface area contributed by atoms with Crippen molar-refractivity contribution in [3.63, 3.8) is 0 Å². The molecule has 0 unspecified atom stereocenters. The molecule has 9 heteroatoms. The fourth-order valence-corrected chi connectivity index (χ4v) is 2.83.